The molecule has 1 heterocycles. The van der Waals surface area contributed by atoms with E-state index < -0.39 is 0 Å². The normalized spacial score (nSPS) is 9.79. The van der Waals surface area contributed by atoms with Gasteiger partial charge in [0.2, 0.25) is 0 Å². The highest BCUT2D eigenvalue weighted by Gasteiger charge is 2.16. The van der Waals surface area contributed by atoms with Gasteiger partial charge in [0.1, 0.15) is 0 Å². The first-order chi connectivity index (χ1) is 9.08. The first-order valence-corrected chi connectivity index (χ1v) is 6.45. The van der Waals surface area contributed by atoms with E-state index in [0.717, 1.165) is 4.47 Å². The zero-order chi connectivity index (χ0) is 14.3. The monoisotopic (exact) mass is 326 g/mol. The fourth-order valence-corrected chi connectivity index (χ4v) is 1.84. The molecule has 0 saturated heterocycles. The summed E-state index contributed by atoms with van der Waals surface area (Å²) in [6, 6.07) is 1.68. The number of ether oxygens (including phenoxy) is 1. The molecule has 1 aromatic rings. The van der Waals surface area contributed by atoms with Gasteiger partial charge in [-0.2, -0.15) is 0 Å². The average molecular weight is 327 g/mol. The lowest BCUT2D eigenvalue weighted by molar-refractivity contribution is -0.140. The summed E-state index contributed by atoms with van der Waals surface area (Å²) in [5.41, 5.74) is 0.459. The predicted molar refractivity (Wildman–Crippen MR) is 74.7 cm³/mol. The maximum absolute atomic E-state index is 12.3. The highest BCUT2D eigenvalue weighted by Crippen LogP contribution is 2.12. The SMILES string of the molecule is C=CCN(CCC(=O)OC)C(=O)c1cncc(Br)c1. The van der Waals surface area contributed by atoms with E-state index in [1.165, 1.54) is 18.2 Å². The number of halogens is 1. The van der Waals surface area contributed by atoms with Gasteiger partial charge in [-0.05, 0) is 22.0 Å². The van der Waals surface area contributed by atoms with Crippen molar-refractivity contribution in [2.24, 2.45) is 0 Å². The van der Waals surface area contributed by atoms with Crippen LogP contribution in [0, 0.1) is 0 Å². The van der Waals surface area contributed by atoms with Gasteiger partial charge in [0.15, 0.2) is 0 Å². The Hall–Kier alpha value is -1.69. The van der Waals surface area contributed by atoms with Crippen LogP contribution in [0.15, 0.2) is 35.6 Å². The molecular weight excluding hydrogens is 312 g/mol. The molecule has 0 spiro atoms. The van der Waals surface area contributed by atoms with Crippen molar-refractivity contribution in [3.8, 4) is 0 Å². The first-order valence-electron chi connectivity index (χ1n) is 5.66. The Morgan fingerprint density at radius 3 is 2.84 bits per heavy atom. The number of nitrogens with zero attached hydrogens (tertiary/aromatic N) is 2. The van der Waals surface area contributed by atoms with Gasteiger partial charge >= 0.3 is 5.97 Å². The molecule has 1 amide bonds. The van der Waals surface area contributed by atoms with E-state index in [9.17, 15) is 9.59 Å². The largest absolute Gasteiger partial charge is 0.469 e. The fraction of sp³-hybridized carbons (Fsp3) is 0.308. The summed E-state index contributed by atoms with van der Waals surface area (Å²) < 4.78 is 5.29. The van der Waals surface area contributed by atoms with Crippen LogP contribution >= 0.6 is 15.9 Å². The van der Waals surface area contributed by atoms with Crippen LogP contribution in [0.4, 0.5) is 0 Å². The van der Waals surface area contributed by atoms with Gasteiger partial charge < -0.3 is 9.64 Å². The number of amides is 1. The second-order valence-electron chi connectivity index (χ2n) is 3.76. The van der Waals surface area contributed by atoms with Crippen LogP contribution in [0.2, 0.25) is 0 Å². The molecule has 0 N–H and O–H groups in total. The van der Waals surface area contributed by atoms with Crippen molar-refractivity contribution in [1.29, 1.82) is 0 Å². The number of pyridine rings is 1. The molecule has 0 aliphatic heterocycles. The van der Waals surface area contributed by atoms with Crippen LogP contribution < -0.4 is 0 Å². The second kappa shape index (κ2) is 7.68. The van der Waals surface area contributed by atoms with E-state index in [0.29, 0.717) is 12.1 Å². The molecule has 0 bridgehead atoms. The minimum atomic E-state index is -0.353. The van der Waals surface area contributed by atoms with Crippen LogP contribution in [0.3, 0.4) is 0 Å². The van der Waals surface area contributed by atoms with Crippen molar-refractivity contribution in [1.82, 2.24) is 9.88 Å². The fourth-order valence-electron chi connectivity index (χ4n) is 1.47. The van der Waals surface area contributed by atoms with Crippen LogP contribution in [-0.4, -0.2) is 42.0 Å². The summed E-state index contributed by atoms with van der Waals surface area (Å²) in [4.78, 5) is 28.8. The zero-order valence-corrected chi connectivity index (χ0v) is 12.2. The van der Waals surface area contributed by atoms with E-state index in [4.69, 9.17) is 0 Å². The number of aromatic nitrogens is 1. The zero-order valence-electron chi connectivity index (χ0n) is 10.6. The van der Waals surface area contributed by atoms with Crippen molar-refractivity contribution in [3.63, 3.8) is 0 Å². The number of rotatable bonds is 6. The standard InChI is InChI=1S/C13H15BrN2O3/c1-3-5-16(6-4-12(17)19-2)13(18)10-7-11(14)9-15-8-10/h3,7-9H,1,4-6H2,2H3. The smallest absolute Gasteiger partial charge is 0.307 e. The molecule has 5 nitrogen and oxygen atoms in total. The van der Waals surface area contributed by atoms with Gasteiger partial charge in [-0.3, -0.25) is 14.6 Å². The minimum Gasteiger partial charge on any atom is -0.469 e. The van der Waals surface area contributed by atoms with Crippen molar-refractivity contribution in [2.75, 3.05) is 20.2 Å². The minimum absolute atomic E-state index is 0.150. The quantitative estimate of drug-likeness (QED) is 0.593. The van der Waals surface area contributed by atoms with Crippen molar-refractivity contribution in [3.05, 3.63) is 41.2 Å². The van der Waals surface area contributed by atoms with Crippen molar-refractivity contribution < 1.29 is 14.3 Å². The molecule has 0 saturated carbocycles. The van der Waals surface area contributed by atoms with Gasteiger partial charge in [-0.15, -0.1) is 6.58 Å². The molecule has 0 aliphatic rings. The lowest BCUT2D eigenvalue weighted by atomic mass is 10.2. The van der Waals surface area contributed by atoms with E-state index in [2.05, 4.69) is 32.2 Å². The number of carbonyl (C=O) groups excluding carboxylic acids is 2. The number of esters is 1. The van der Waals surface area contributed by atoms with Gasteiger partial charge in [-0.25, -0.2) is 0 Å². The summed E-state index contributed by atoms with van der Waals surface area (Å²) >= 11 is 3.26. The summed E-state index contributed by atoms with van der Waals surface area (Å²) in [6.45, 7) is 4.25. The topological polar surface area (TPSA) is 59.5 Å². The average Bonchev–Trinajstić information content (AvgIpc) is 2.42. The van der Waals surface area contributed by atoms with E-state index in [1.807, 2.05) is 0 Å². The van der Waals surface area contributed by atoms with Gasteiger partial charge in [-0.1, -0.05) is 6.08 Å². The molecule has 1 rings (SSSR count). The lowest BCUT2D eigenvalue weighted by Crippen LogP contribution is -2.33. The Morgan fingerprint density at radius 1 is 1.53 bits per heavy atom. The summed E-state index contributed by atoms with van der Waals surface area (Å²) in [5.74, 6) is -0.549. The number of hydrogen-bond donors (Lipinski definition) is 0. The molecule has 0 radical (unpaired) electrons. The molecular formula is C13H15BrN2O3. The second-order valence-corrected chi connectivity index (χ2v) is 4.67. The molecule has 0 atom stereocenters. The molecule has 0 aromatic carbocycles. The number of methoxy groups -OCH3 is 1. The Morgan fingerprint density at radius 2 is 2.26 bits per heavy atom. The molecule has 0 aliphatic carbocycles. The molecule has 0 unspecified atom stereocenters. The first kappa shape index (κ1) is 15.4. The summed E-state index contributed by atoms with van der Waals surface area (Å²) in [5, 5.41) is 0. The number of carbonyl (C=O) groups is 2. The Bertz CT molecular complexity index is 477. The van der Waals surface area contributed by atoms with Gasteiger partial charge in [0, 0.05) is 30.0 Å². The van der Waals surface area contributed by atoms with Crippen LogP contribution in [0.25, 0.3) is 0 Å². The Kier molecular flexibility index (Phi) is 6.21. The molecule has 102 valence electrons. The highest BCUT2D eigenvalue weighted by molar-refractivity contribution is 9.10. The van der Waals surface area contributed by atoms with Crippen LogP contribution in [-0.2, 0) is 9.53 Å². The van der Waals surface area contributed by atoms with Crippen LogP contribution in [0.1, 0.15) is 16.8 Å². The van der Waals surface area contributed by atoms with Crippen molar-refractivity contribution in [2.45, 2.75) is 6.42 Å². The molecule has 19 heavy (non-hydrogen) atoms. The van der Waals surface area contributed by atoms with Gasteiger partial charge in [0.05, 0.1) is 19.1 Å². The maximum Gasteiger partial charge on any atom is 0.307 e. The van der Waals surface area contributed by atoms with E-state index >= 15 is 0 Å². The van der Waals surface area contributed by atoms with E-state index in [-0.39, 0.29) is 24.8 Å². The summed E-state index contributed by atoms with van der Waals surface area (Å²) in [7, 11) is 1.32. The third-order valence-electron chi connectivity index (χ3n) is 2.40. The molecule has 0 fully saturated rings. The predicted octanol–water partition coefficient (Wildman–Crippen LogP) is 2.04. The Labute approximate surface area is 120 Å². The number of hydrogen-bond acceptors (Lipinski definition) is 4. The van der Waals surface area contributed by atoms with Crippen LogP contribution in [0.5, 0.6) is 0 Å². The van der Waals surface area contributed by atoms with Gasteiger partial charge in [0.25, 0.3) is 5.91 Å². The maximum atomic E-state index is 12.3. The Balaban J connectivity index is 2.77. The molecule has 1 aromatic heterocycles. The third-order valence-corrected chi connectivity index (χ3v) is 2.84. The summed E-state index contributed by atoms with van der Waals surface area (Å²) in [6.07, 6.45) is 4.85. The lowest BCUT2D eigenvalue weighted by Gasteiger charge is -2.20. The highest BCUT2D eigenvalue weighted by atomic mass is 79.9. The van der Waals surface area contributed by atoms with E-state index in [1.54, 1.807) is 18.3 Å². The molecule has 6 heteroatoms. The van der Waals surface area contributed by atoms with Crippen molar-refractivity contribution >= 4 is 27.8 Å². The third kappa shape index (κ3) is 4.82.